The van der Waals surface area contributed by atoms with E-state index in [0.717, 1.165) is 0 Å². The quantitative estimate of drug-likeness (QED) is 0.277. The Bertz CT molecular complexity index is 1360. The molecule has 3 heterocycles. The maximum absolute atomic E-state index is 14.9. The number of nitrogens with zero attached hydrogens (tertiary/aromatic N) is 3. The highest BCUT2D eigenvalue weighted by Crippen LogP contribution is 2.55. The summed E-state index contributed by atoms with van der Waals surface area (Å²) in [5.41, 5.74) is 1.34. The van der Waals surface area contributed by atoms with Crippen molar-refractivity contribution in [3.8, 4) is 0 Å². The number of nitrogens with one attached hydrogen (secondary N) is 1. The predicted molar refractivity (Wildman–Crippen MR) is 126 cm³/mol. The fourth-order valence-electron chi connectivity index (χ4n) is 3.95. The molecule has 11 nitrogen and oxygen atoms in total. The molecule has 5 atom stereocenters. The molecule has 1 fully saturated rings. The van der Waals surface area contributed by atoms with Crippen molar-refractivity contribution in [3.63, 3.8) is 0 Å². The zero-order chi connectivity index (χ0) is 26.3. The molecule has 4 rings (SSSR count). The molecule has 1 aliphatic rings. The topological polar surface area (TPSA) is 156 Å². The number of rotatable bonds is 9. The molecule has 0 amide bonds. The van der Waals surface area contributed by atoms with Crippen LogP contribution < -0.4 is 5.32 Å². The van der Waals surface area contributed by atoms with Gasteiger partial charge in [-0.2, -0.15) is 5.10 Å². The SMILES string of the molecule is C[C@H](Nc1cc(Cl)nn2c(C3O[C@H](COP(=O)(O)CP(=O)(O)O)C[C@@H]3F)cnc12)c1ccccc1F. The van der Waals surface area contributed by atoms with Crippen LogP contribution in [0.25, 0.3) is 5.65 Å². The number of hydrogen-bond acceptors (Lipinski definition) is 7. The number of imidazole rings is 1. The molecule has 2 aromatic heterocycles. The molecule has 196 valence electrons. The van der Waals surface area contributed by atoms with Gasteiger partial charge in [0.2, 0.25) is 0 Å². The summed E-state index contributed by atoms with van der Waals surface area (Å²) < 4.78 is 63.7. The number of aromatic nitrogens is 3. The van der Waals surface area contributed by atoms with Gasteiger partial charge in [0, 0.05) is 18.1 Å². The van der Waals surface area contributed by atoms with Crippen LogP contribution >= 0.6 is 26.8 Å². The van der Waals surface area contributed by atoms with Crippen molar-refractivity contribution in [1.82, 2.24) is 14.6 Å². The largest absolute Gasteiger partial charge is 0.375 e. The standard InChI is InChI=1S/C20H23ClF2N4O7P2/c1-11(13-4-2-3-5-14(13)22)25-16-7-18(21)26-27-17(8-24-20(16)27)19-15(23)6-12(34-19)9-33-36(31,32)10-35(28,29)30/h2-5,7-8,11-12,15,19,25H,6,9-10H2,1H3,(H,31,32)(H2,28,29,30)/t11-,12-,15-,19?/m0/s1. The molecule has 1 saturated heterocycles. The van der Waals surface area contributed by atoms with E-state index in [9.17, 15) is 22.8 Å². The van der Waals surface area contributed by atoms with E-state index in [2.05, 4.69) is 15.4 Å². The van der Waals surface area contributed by atoms with Gasteiger partial charge in [0.05, 0.1) is 36.3 Å². The minimum Gasteiger partial charge on any atom is -0.375 e. The lowest BCUT2D eigenvalue weighted by Gasteiger charge is -2.18. The van der Waals surface area contributed by atoms with Crippen molar-refractivity contribution in [1.29, 1.82) is 0 Å². The van der Waals surface area contributed by atoms with Gasteiger partial charge in [-0.1, -0.05) is 29.8 Å². The minimum absolute atomic E-state index is 0.0527. The molecule has 0 bridgehead atoms. The van der Waals surface area contributed by atoms with Crippen LogP contribution in [0.3, 0.4) is 0 Å². The molecule has 1 aliphatic heterocycles. The van der Waals surface area contributed by atoms with Crippen LogP contribution in [0, 0.1) is 5.82 Å². The average molecular weight is 567 g/mol. The Balaban J connectivity index is 1.52. The summed E-state index contributed by atoms with van der Waals surface area (Å²) in [5, 5.41) is 7.37. The van der Waals surface area contributed by atoms with Crippen molar-refractivity contribution in [2.24, 2.45) is 0 Å². The molecule has 0 saturated carbocycles. The van der Waals surface area contributed by atoms with E-state index < -0.39 is 52.1 Å². The molecular weight excluding hydrogens is 544 g/mol. The van der Waals surface area contributed by atoms with Gasteiger partial charge in [0.1, 0.15) is 18.1 Å². The summed E-state index contributed by atoms with van der Waals surface area (Å²) >= 11 is 6.19. The maximum atomic E-state index is 14.9. The summed E-state index contributed by atoms with van der Waals surface area (Å²) in [6, 6.07) is 7.31. The maximum Gasteiger partial charge on any atom is 0.340 e. The molecule has 3 aromatic rings. The normalized spacial score (nSPS) is 23.0. The number of ether oxygens (including phenoxy) is 1. The Kier molecular flexibility index (Phi) is 7.85. The summed E-state index contributed by atoms with van der Waals surface area (Å²) in [7, 11) is -9.40. The Morgan fingerprint density at radius 1 is 1.33 bits per heavy atom. The van der Waals surface area contributed by atoms with Crippen LogP contribution in [-0.4, -0.2) is 54.1 Å². The second-order valence-electron chi connectivity index (χ2n) is 8.36. The second-order valence-corrected chi connectivity index (χ2v) is 12.7. The second kappa shape index (κ2) is 10.4. The monoisotopic (exact) mass is 566 g/mol. The van der Waals surface area contributed by atoms with Crippen molar-refractivity contribution >= 4 is 38.1 Å². The number of alkyl halides is 1. The fourth-order valence-corrected chi connectivity index (χ4v) is 6.72. The molecule has 16 heteroatoms. The third-order valence-electron chi connectivity index (χ3n) is 5.48. The highest BCUT2D eigenvalue weighted by atomic mass is 35.5. The van der Waals surface area contributed by atoms with Crippen LogP contribution in [0.1, 0.15) is 36.7 Å². The van der Waals surface area contributed by atoms with E-state index in [1.165, 1.54) is 22.8 Å². The van der Waals surface area contributed by atoms with Crippen molar-refractivity contribution < 1.29 is 41.9 Å². The van der Waals surface area contributed by atoms with Gasteiger partial charge >= 0.3 is 15.2 Å². The Morgan fingerprint density at radius 2 is 2.06 bits per heavy atom. The van der Waals surface area contributed by atoms with Crippen LogP contribution in [0.15, 0.2) is 36.5 Å². The number of fused-ring (bicyclic) bond motifs is 1. The lowest BCUT2D eigenvalue weighted by molar-refractivity contribution is 0.00139. The number of hydrogen-bond donors (Lipinski definition) is 4. The summed E-state index contributed by atoms with van der Waals surface area (Å²) in [6.07, 6.45) is -2.55. The Morgan fingerprint density at radius 3 is 2.75 bits per heavy atom. The predicted octanol–water partition coefficient (Wildman–Crippen LogP) is 4.20. The molecule has 2 unspecified atom stereocenters. The van der Waals surface area contributed by atoms with Gasteiger partial charge in [0.25, 0.3) is 0 Å². The van der Waals surface area contributed by atoms with E-state index in [0.29, 0.717) is 11.3 Å². The smallest absolute Gasteiger partial charge is 0.340 e. The summed E-state index contributed by atoms with van der Waals surface area (Å²) in [6.45, 7) is 1.20. The molecule has 4 N–H and O–H groups in total. The van der Waals surface area contributed by atoms with Crippen LogP contribution in [0.2, 0.25) is 5.15 Å². The zero-order valence-electron chi connectivity index (χ0n) is 18.7. The summed E-state index contributed by atoms with van der Waals surface area (Å²) in [4.78, 5) is 31.7. The van der Waals surface area contributed by atoms with Gasteiger partial charge in [-0.15, -0.1) is 0 Å². The highest BCUT2D eigenvalue weighted by Gasteiger charge is 2.40. The van der Waals surface area contributed by atoms with E-state index in [1.54, 1.807) is 25.1 Å². The minimum atomic E-state index is -4.79. The van der Waals surface area contributed by atoms with Gasteiger partial charge in [0.15, 0.2) is 16.7 Å². The number of anilines is 1. The Labute approximate surface area is 209 Å². The zero-order valence-corrected chi connectivity index (χ0v) is 21.3. The highest BCUT2D eigenvalue weighted by molar-refractivity contribution is 7.70. The van der Waals surface area contributed by atoms with Crippen LogP contribution in [0.4, 0.5) is 14.5 Å². The average Bonchev–Trinajstić information content (AvgIpc) is 3.34. The lowest BCUT2D eigenvalue weighted by atomic mass is 10.1. The molecule has 0 radical (unpaired) electrons. The molecule has 0 spiro atoms. The number of benzene rings is 1. The van der Waals surface area contributed by atoms with Crippen molar-refractivity contribution in [2.45, 2.75) is 37.8 Å². The number of halogens is 3. The van der Waals surface area contributed by atoms with E-state index in [4.69, 9.17) is 30.6 Å². The van der Waals surface area contributed by atoms with Gasteiger partial charge in [-0.25, -0.2) is 18.3 Å². The summed E-state index contributed by atoms with van der Waals surface area (Å²) in [5.74, 6) is -1.75. The molecule has 1 aromatic carbocycles. The van der Waals surface area contributed by atoms with Gasteiger partial charge < -0.3 is 29.3 Å². The van der Waals surface area contributed by atoms with E-state index in [1.807, 2.05) is 0 Å². The van der Waals surface area contributed by atoms with E-state index in [-0.39, 0.29) is 28.7 Å². The van der Waals surface area contributed by atoms with Gasteiger partial charge in [-0.05, 0) is 13.0 Å². The molecule has 36 heavy (non-hydrogen) atoms. The van der Waals surface area contributed by atoms with Crippen molar-refractivity contribution in [2.75, 3.05) is 17.8 Å². The third-order valence-corrected chi connectivity index (χ3v) is 9.12. The van der Waals surface area contributed by atoms with Crippen molar-refractivity contribution in [3.05, 3.63) is 58.8 Å². The first kappa shape index (κ1) is 27.1. The fraction of sp³-hybridized carbons (Fsp3) is 0.400. The van der Waals surface area contributed by atoms with Crippen LogP contribution in [-0.2, 0) is 18.4 Å². The first-order valence-corrected chi connectivity index (χ1v) is 14.6. The molecule has 0 aliphatic carbocycles. The Hall–Kier alpha value is -1.95. The molecular formula is C20H23ClF2N4O7P2. The third kappa shape index (κ3) is 6.30. The lowest BCUT2D eigenvalue weighted by Crippen LogP contribution is -2.15. The first-order chi connectivity index (χ1) is 16.8. The first-order valence-electron chi connectivity index (χ1n) is 10.7. The van der Waals surface area contributed by atoms with Gasteiger partial charge in [-0.3, -0.25) is 9.13 Å². The van der Waals surface area contributed by atoms with E-state index >= 15 is 0 Å². The van der Waals surface area contributed by atoms with Crippen LogP contribution in [0.5, 0.6) is 0 Å².